The third kappa shape index (κ3) is 10.5. The van der Waals surface area contributed by atoms with E-state index in [9.17, 15) is 24.0 Å². The van der Waals surface area contributed by atoms with Gasteiger partial charge in [0, 0.05) is 51.1 Å². The molecule has 0 aromatic heterocycles. The first-order valence-corrected chi connectivity index (χ1v) is 9.09. The highest BCUT2D eigenvalue weighted by Crippen LogP contribution is 2.06. The minimum atomic E-state index is -0.933. The second kappa shape index (κ2) is 13.6. The molecule has 156 valence electrons. The Kier molecular flexibility index (Phi) is 11.4. The van der Waals surface area contributed by atoms with Crippen LogP contribution in [0.4, 0.5) is 0 Å². The van der Waals surface area contributed by atoms with Gasteiger partial charge in [0.2, 0.25) is 5.91 Å². The van der Waals surface area contributed by atoms with Gasteiger partial charge >= 0.3 is 5.97 Å². The van der Waals surface area contributed by atoms with Crippen LogP contribution in [-0.2, 0) is 33.4 Å². The Morgan fingerprint density at radius 3 is 2.21 bits per heavy atom. The van der Waals surface area contributed by atoms with Gasteiger partial charge in [-0.3, -0.25) is 28.9 Å². The van der Waals surface area contributed by atoms with Gasteiger partial charge in [-0.15, -0.1) is 0 Å². The molecule has 1 heterocycles. The van der Waals surface area contributed by atoms with Crippen LogP contribution in [0.5, 0.6) is 0 Å². The molecule has 0 atom stereocenters. The standard InChI is InChI=1S/C18H26N2O8/c21-14(5-9-20-16(23)3-4-17(20)24)2-1-10-27-11-6-15(22)19-8-13-28-12-7-18(25)26/h3-4H,1-2,5-13H2,(H,19,22)(H,25,26). The number of rotatable bonds is 16. The maximum Gasteiger partial charge on any atom is 0.305 e. The number of nitrogens with zero attached hydrogens (tertiary/aromatic N) is 1. The smallest absolute Gasteiger partial charge is 0.305 e. The van der Waals surface area contributed by atoms with Crippen molar-refractivity contribution in [3.8, 4) is 0 Å². The largest absolute Gasteiger partial charge is 0.481 e. The van der Waals surface area contributed by atoms with Crippen molar-refractivity contribution >= 4 is 29.5 Å². The molecule has 0 aromatic rings. The summed E-state index contributed by atoms with van der Waals surface area (Å²) in [6.07, 6.45) is 3.37. The van der Waals surface area contributed by atoms with Crippen LogP contribution in [0.2, 0.25) is 0 Å². The highest BCUT2D eigenvalue weighted by Gasteiger charge is 2.23. The number of ketones is 1. The summed E-state index contributed by atoms with van der Waals surface area (Å²) < 4.78 is 10.3. The number of ether oxygens (including phenoxy) is 2. The number of amides is 3. The highest BCUT2D eigenvalue weighted by molar-refractivity contribution is 6.13. The number of Topliss-reactive ketones (excluding diaryl/α,β-unsaturated/α-hetero) is 1. The van der Waals surface area contributed by atoms with Crippen molar-refractivity contribution < 1.29 is 38.6 Å². The summed E-state index contributed by atoms with van der Waals surface area (Å²) in [5.74, 6) is -1.99. The molecule has 0 saturated heterocycles. The van der Waals surface area contributed by atoms with Gasteiger partial charge in [-0.2, -0.15) is 0 Å². The summed E-state index contributed by atoms with van der Waals surface area (Å²) in [5.41, 5.74) is 0. The molecule has 3 amide bonds. The number of carbonyl (C=O) groups is 5. The van der Waals surface area contributed by atoms with Crippen molar-refractivity contribution in [3.05, 3.63) is 12.2 Å². The van der Waals surface area contributed by atoms with Crippen LogP contribution in [0, 0.1) is 0 Å². The van der Waals surface area contributed by atoms with E-state index >= 15 is 0 Å². The number of carboxylic acids is 1. The summed E-state index contributed by atoms with van der Waals surface area (Å²) in [6, 6.07) is 0. The number of hydrogen-bond donors (Lipinski definition) is 2. The summed E-state index contributed by atoms with van der Waals surface area (Å²) in [7, 11) is 0. The van der Waals surface area contributed by atoms with Crippen molar-refractivity contribution in [1.29, 1.82) is 0 Å². The van der Waals surface area contributed by atoms with Crippen molar-refractivity contribution in [3.63, 3.8) is 0 Å². The average Bonchev–Trinajstić information content (AvgIpc) is 2.96. The third-order valence-electron chi connectivity index (χ3n) is 3.76. The molecule has 1 aliphatic rings. The maximum absolute atomic E-state index is 11.8. The van der Waals surface area contributed by atoms with E-state index in [0.717, 1.165) is 4.90 Å². The van der Waals surface area contributed by atoms with E-state index in [1.165, 1.54) is 12.2 Å². The summed E-state index contributed by atoms with van der Waals surface area (Å²) in [6.45, 7) is 1.29. The molecule has 0 spiro atoms. The minimum Gasteiger partial charge on any atom is -0.481 e. The normalized spacial score (nSPS) is 13.2. The molecule has 0 radical (unpaired) electrons. The second-order valence-electron chi connectivity index (χ2n) is 6.02. The first-order chi connectivity index (χ1) is 13.4. The van der Waals surface area contributed by atoms with E-state index < -0.39 is 17.8 Å². The van der Waals surface area contributed by atoms with Crippen molar-refractivity contribution in [2.75, 3.05) is 39.5 Å². The van der Waals surface area contributed by atoms with Crippen LogP contribution in [-0.4, -0.2) is 79.0 Å². The Morgan fingerprint density at radius 2 is 1.54 bits per heavy atom. The van der Waals surface area contributed by atoms with E-state index in [2.05, 4.69) is 5.32 Å². The molecule has 28 heavy (non-hydrogen) atoms. The fourth-order valence-electron chi connectivity index (χ4n) is 2.26. The van der Waals surface area contributed by atoms with Gasteiger partial charge in [0.15, 0.2) is 0 Å². The van der Waals surface area contributed by atoms with Gasteiger partial charge in [-0.05, 0) is 6.42 Å². The molecule has 1 aliphatic heterocycles. The molecule has 0 aliphatic carbocycles. The fraction of sp³-hybridized carbons (Fsp3) is 0.611. The minimum absolute atomic E-state index is 0.0586. The van der Waals surface area contributed by atoms with E-state index in [-0.39, 0.29) is 63.7 Å². The van der Waals surface area contributed by atoms with Gasteiger partial charge in [0.05, 0.1) is 26.2 Å². The molecule has 0 unspecified atom stereocenters. The second-order valence-corrected chi connectivity index (χ2v) is 6.02. The topological polar surface area (TPSA) is 139 Å². The Balaban J connectivity index is 1.92. The first-order valence-electron chi connectivity index (χ1n) is 9.09. The highest BCUT2D eigenvalue weighted by atomic mass is 16.5. The average molecular weight is 398 g/mol. The fourth-order valence-corrected chi connectivity index (χ4v) is 2.26. The number of nitrogens with one attached hydrogen (secondary N) is 1. The van der Waals surface area contributed by atoms with E-state index in [0.29, 0.717) is 19.6 Å². The molecule has 0 saturated carbocycles. The Bertz CT molecular complexity index is 584. The molecule has 0 fully saturated rings. The van der Waals surface area contributed by atoms with Gasteiger partial charge in [-0.1, -0.05) is 0 Å². The van der Waals surface area contributed by atoms with Gasteiger partial charge < -0.3 is 19.9 Å². The van der Waals surface area contributed by atoms with E-state index in [1.807, 2.05) is 0 Å². The van der Waals surface area contributed by atoms with Crippen molar-refractivity contribution in [2.24, 2.45) is 0 Å². The lowest BCUT2D eigenvalue weighted by Crippen LogP contribution is -2.32. The van der Waals surface area contributed by atoms with Crippen LogP contribution < -0.4 is 5.32 Å². The lowest BCUT2D eigenvalue weighted by Gasteiger charge is -2.12. The van der Waals surface area contributed by atoms with Crippen molar-refractivity contribution in [2.45, 2.75) is 32.1 Å². The predicted octanol–water partition coefficient (Wildman–Crippen LogP) is -0.335. The summed E-state index contributed by atoms with van der Waals surface area (Å²) in [5, 5.41) is 11.0. The van der Waals surface area contributed by atoms with Crippen LogP contribution in [0.15, 0.2) is 12.2 Å². The molecule has 2 N–H and O–H groups in total. The SMILES string of the molecule is O=C(O)CCOCCNC(=O)CCOCCCC(=O)CCN1C(=O)C=CC1=O. The zero-order valence-corrected chi connectivity index (χ0v) is 15.7. The lowest BCUT2D eigenvalue weighted by atomic mass is 10.1. The predicted molar refractivity (Wildman–Crippen MR) is 96.2 cm³/mol. The number of carbonyl (C=O) groups excluding carboxylic acids is 4. The van der Waals surface area contributed by atoms with E-state index in [4.69, 9.17) is 14.6 Å². The molecule has 10 nitrogen and oxygen atoms in total. The first kappa shape index (κ1) is 23.4. The summed E-state index contributed by atoms with van der Waals surface area (Å²) in [4.78, 5) is 57.3. The number of aliphatic carboxylic acids is 1. The zero-order chi connectivity index (χ0) is 20.8. The van der Waals surface area contributed by atoms with Gasteiger partial charge in [0.25, 0.3) is 11.8 Å². The molecule has 10 heteroatoms. The van der Waals surface area contributed by atoms with Crippen LogP contribution >= 0.6 is 0 Å². The van der Waals surface area contributed by atoms with Gasteiger partial charge in [-0.25, -0.2) is 0 Å². The third-order valence-corrected chi connectivity index (χ3v) is 3.76. The number of imide groups is 1. The maximum atomic E-state index is 11.8. The van der Waals surface area contributed by atoms with Crippen molar-refractivity contribution in [1.82, 2.24) is 10.2 Å². The molecular formula is C18H26N2O8. The van der Waals surface area contributed by atoms with Gasteiger partial charge in [0.1, 0.15) is 5.78 Å². The Labute approximate surface area is 162 Å². The molecule has 0 aromatic carbocycles. The van der Waals surface area contributed by atoms with Crippen LogP contribution in [0.1, 0.15) is 32.1 Å². The molecular weight excluding hydrogens is 372 g/mol. The number of hydrogen-bond acceptors (Lipinski definition) is 7. The lowest BCUT2D eigenvalue weighted by molar-refractivity contribution is -0.139. The molecule has 0 bridgehead atoms. The number of carboxylic acid groups (broad SMARTS) is 1. The van der Waals surface area contributed by atoms with Crippen LogP contribution in [0.25, 0.3) is 0 Å². The molecule has 1 rings (SSSR count). The Morgan fingerprint density at radius 1 is 0.893 bits per heavy atom. The van der Waals surface area contributed by atoms with Crippen LogP contribution in [0.3, 0.4) is 0 Å². The quantitative estimate of drug-likeness (QED) is 0.266. The van der Waals surface area contributed by atoms with E-state index in [1.54, 1.807) is 0 Å². The zero-order valence-electron chi connectivity index (χ0n) is 15.7. The monoisotopic (exact) mass is 398 g/mol. The summed E-state index contributed by atoms with van der Waals surface area (Å²) >= 11 is 0. The Hall–Kier alpha value is -2.59.